The summed E-state index contributed by atoms with van der Waals surface area (Å²) in [6, 6.07) is -0.213. The lowest BCUT2D eigenvalue weighted by Gasteiger charge is -2.33. The maximum atomic E-state index is 12.6. The molecule has 1 saturated carbocycles. The van der Waals surface area contributed by atoms with Crippen molar-refractivity contribution in [1.82, 2.24) is 5.32 Å². The third-order valence-electron chi connectivity index (χ3n) is 3.25. The van der Waals surface area contributed by atoms with Gasteiger partial charge in [0.2, 0.25) is 0 Å². The molecule has 0 spiro atoms. The minimum Gasteiger partial charge on any atom is -0.304 e. The van der Waals surface area contributed by atoms with Crippen LogP contribution in [0.3, 0.4) is 0 Å². The predicted octanol–water partition coefficient (Wildman–Crippen LogP) is 2.97. The molecule has 0 aliphatic heterocycles. The van der Waals surface area contributed by atoms with Crippen LogP contribution >= 0.6 is 0 Å². The minimum absolute atomic E-state index is 0.0367. The van der Waals surface area contributed by atoms with E-state index in [1.165, 1.54) is 0 Å². The molecule has 3 unspecified atom stereocenters. The van der Waals surface area contributed by atoms with Crippen molar-refractivity contribution < 1.29 is 13.2 Å². The normalized spacial score (nSPS) is 28.4. The average molecular weight is 233 g/mol. The highest BCUT2D eigenvalue weighted by Crippen LogP contribution is 2.40. The van der Waals surface area contributed by atoms with Crippen LogP contribution in [0.15, 0.2) is 0 Å². The summed E-state index contributed by atoms with van der Waals surface area (Å²) < 4.78 is 37.8. The Balaban J connectivity index is 2.59. The van der Waals surface area contributed by atoms with Crippen molar-refractivity contribution in [1.29, 1.82) is 0 Å². The first-order valence-corrected chi connectivity index (χ1v) is 5.75. The average Bonchev–Trinajstić information content (AvgIpc) is 2.25. The third-order valence-corrected chi connectivity index (χ3v) is 3.25. The zero-order chi connectivity index (χ0) is 12.2. The Morgan fingerprint density at radius 1 is 1.44 bits per heavy atom. The Labute approximate surface area is 94.8 Å². The summed E-state index contributed by atoms with van der Waals surface area (Å²) >= 11 is 0. The maximum Gasteiger partial charge on any atom is 0.391 e. The van der Waals surface area contributed by atoms with Crippen LogP contribution in [0.25, 0.3) is 0 Å². The van der Waals surface area contributed by atoms with Crippen LogP contribution in [0.1, 0.15) is 32.6 Å². The molecule has 0 radical (unpaired) electrons. The lowest BCUT2D eigenvalue weighted by molar-refractivity contribution is -0.186. The first-order valence-electron chi connectivity index (χ1n) is 5.75. The first-order chi connectivity index (χ1) is 7.49. The number of halogens is 3. The molecule has 0 aromatic rings. The summed E-state index contributed by atoms with van der Waals surface area (Å²) in [7, 11) is 0. The topological polar surface area (TPSA) is 12.0 Å². The van der Waals surface area contributed by atoms with Gasteiger partial charge in [0, 0.05) is 0 Å². The van der Waals surface area contributed by atoms with E-state index >= 15 is 0 Å². The molecule has 0 aromatic heterocycles. The summed E-state index contributed by atoms with van der Waals surface area (Å²) in [6.07, 6.45) is 3.13. The van der Waals surface area contributed by atoms with Gasteiger partial charge in [-0.15, -0.1) is 6.42 Å². The van der Waals surface area contributed by atoms with Gasteiger partial charge < -0.3 is 5.32 Å². The van der Waals surface area contributed by atoms with Gasteiger partial charge in [-0.3, -0.25) is 0 Å². The summed E-state index contributed by atoms with van der Waals surface area (Å²) in [5.41, 5.74) is 0. The number of alkyl halides is 3. The van der Waals surface area contributed by atoms with Crippen LogP contribution in [-0.2, 0) is 0 Å². The van der Waals surface area contributed by atoms with Gasteiger partial charge in [-0.2, -0.15) is 13.2 Å². The van der Waals surface area contributed by atoms with Gasteiger partial charge in [-0.25, -0.2) is 0 Å². The highest BCUT2D eigenvalue weighted by atomic mass is 19.4. The van der Waals surface area contributed by atoms with Crippen molar-refractivity contribution in [3.8, 4) is 12.3 Å². The van der Waals surface area contributed by atoms with E-state index < -0.39 is 12.1 Å². The van der Waals surface area contributed by atoms with Crippen LogP contribution < -0.4 is 5.32 Å². The molecular formula is C12H18F3N. The zero-order valence-electron chi connectivity index (χ0n) is 9.48. The second-order valence-corrected chi connectivity index (χ2v) is 4.37. The van der Waals surface area contributed by atoms with E-state index in [4.69, 9.17) is 6.42 Å². The molecule has 1 fully saturated rings. The van der Waals surface area contributed by atoms with Crippen molar-refractivity contribution in [3.63, 3.8) is 0 Å². The number of hydrogen-bond donors (Lipinski definition) is 1. The molecular weight excluding hydrogens is 215 g/mol. The quantitative estimate of drug-likeness (QED) is 0.739. The molecule has 1 aliphatic rings. The molecule has 0 bridgehead atoms. The van der Waals surface area contributed by atoms with Crippen molar-refractivity contribution >= 4 is 0 Å². The van der Waals surface area contributed by atoms with Gasteiger partial charge in [-0.1, -0.05) is 19.3 Å². The first kappa shape index (κ1) is 13.4. The maximum absolute atomic E-state index is 12.6. The Morgan fingerprint density at radius 3 is 2.62 bits per heavy atom. The highest BCUT2D eigenvalue weighted by Gasteiger charge is 2.43. The van der Waals surface area contributed by atoms with E-state index in [9.17, 15) is 13.2 Å². The fourth-order valence-electron chi connectivity index (χ4n) is 2.41. The molecule has 0 heterocycles. The monoisotopic (exact) mass is 233 g/mol. The Kier molecular flexibility index (Phi) is 4.67. The second-order valence-electron chi connectivity index (χ2n) is 4.37. The van der Waals surface area contributed by atoms with Gasteiger partial charge in [0.15, 0.2) is 0 Å². The molecule has 0 amide bonds. The Bertz CT molecular complexity index is 254. The van der Waals surface area contributed by atoms with Crippen LogP contribution in [-0.4, -0.2) is 18.8 Å². The third kappa shape index (κ3) is 3.41. The molecule has 1 N–H and O–H groups in total. The Morgan fingerprint density at radius 2 is 2.12 bits per heavy atom. The van der Waals surface area contributed by atoms with Crippen LogP contribution in [0, 0.1) is 24.2 Å². The standard InChI is InChI=1S/C12H18F3N/c1-3-11(16-4-2)9-6-5-7-10(8-9)12(13,14)15/h1,9-11,16H,4-8H2,2H3. The van der Waals surface area contributed by atoms with Gasteiger partial charge in [0.25, 0.3) is 0 Å². The minimum atomic E-state index is -4.07. The van der Waals surface area contributed by atoms with Crippen LogP contribution in [0.5, 0.6) is 0 Å². The summed E-state index contributed by atoms with van der Waals surface area (Å²) in [5, 5.41) is 3.07. The molecule has 16 heavy (non-hydrogen) atoms. The predicted molar refractivity (Wildman–Crippen MR) is 57.8 cm³/mol. The highest BCUT2D eigenvalue weighted by molar-refractivity contribution is 5.03. The number of terminal acetylenes is 1. The van der Waals surface area contributed by atoms with Crippen molar-refractivity contribution in [2.75, 3.05) is 6.54 Å². The second kappa shape index (κ2) is 5.58. The summed E-state index contributed by atoms with van der Waals surface area (Å²) in [5.74, 6) is 1.36. The van der Waals surface area contributed by atoms with Crippen LogP contribution in [0.2, 0.25) is 0 Å². The van der Waals surface area contributed by atoms with Gasteiger partial charge >= 0.3 is 6.18 Å². The smallest absolute Gasteiger partial charge is 0.304 e. The Hall–Kier alpha value is -0.690. The van der Waals surface area contributed by atoms with E-state index in [0.29, 0.717) is 13.0 Å². The SMILES string of the molecule is C#CC(NCC)C1CCCC(C(F)(F)F)C1. The number of hydrogen-bond acceptors (Lipinski definition) is 1. The fraction of sp³-hybridized carbons (Fsp3) is 0.833. The van der Waals surface area contributed by atoms with E-state index in [2.05, 4.69) is 11.2 Å². The number of rotatable bonds is 3. The van der Waals surface area contributed by atoms with Gasteiger partial charge in [0.1, 0.15) is 0 Å². The number of nitrogens with one attached hydrogen (secondary N) is 1. The van der Waals surface area contributed by atoms with Crippen LogP contribution in [0.4, 0.5) is 13.2 Å². The van der Waals surface area contributed by atoms with Gasteiger partial charge in [0.05, 0.1) is 12.0 Å². The van der Waals surface area contributed by atoms with Crippen molar-refractivity contribution in [3.05, 3.63) is 0 Å². The molecule has 0 saturated heterocycles. The fourth-order valence-corrected chi connectivity index (χ4v) is 2.41. The molecule has 4 heteroatoms. The molecule has 3 atom stereocenters. The van der Waals surface area contributed by atoms with E-state index in [-0.39, 0.29) is 24.8 Å². The van der Waals surface area contributed by atoms with E-state index in [0.717, 1.165) is 6.42 Å². The molecule has 92 valence electrons. The van der Waals surface area contributed by atoms with E-state index in [1.807, 2.05) is 6.92 Å². The van der Waals surface area contributed by atoms with Crippen molar-refractivity contribution in [2.24, 2.45) is 11.8 Å². The largest absolute Gasteiger partial charge is 0.391 e. The van der Waals surface area contributed by atoms with E-state index in [1.54, 1.807) is 0 Å². The molecule has 1 nitrogen and oxygen atoms in total. The lowest BCUT2D eigenvalue weighted by Crippen LogP contribution is -2.40. The summed E-state index contributed by atoms with van der Waals surface area (Å²) in [4.78, 5) is 0. The molecule has 1 rings (SSSR count). The molecule has 1 aliphatic carbocycles. The molecule has 0 aromatic carbocycles. The zero-order valence-corrected chi connectivity index (χ0v) is 9.48. The van der Waals surface area contributed by atoms with Gasteiger partial charge in [-0.05, 0) is 31.7 Å². The summed E-state index contributed by atoms with van der Waals surface area (Å²) in [6.45, 7) is 2.61. The lowest BCUT2D eigenvalue weighted by atomic mass is 9.77. The van der Waals surface area contributed by atoms with Crippen molar-refractivity contribution in [2.45, 2.75) is 44.8 Å².